The summed E-state index contributed by atoms with van der Waals surface area (Å²) in [5, 5.41) is 11.1. The Labute approximate surface area is 112 Å². The van der Waals surface area contributed by atoms with E-state index < -0.39 is 5.60 Å². The van der Waals surface area contributed by atoms with Gasteiger partial charge in [0.25, 0.3) is 0 Å². The number of fused-ring (bicyclic) bond motifs is 1. The van der Waals surface area contributed by atoms with Gasteiger partial charge in [-0.15, -0.1) is 0 Å². The van der Waals surface area contributed by atoms with Crippen molar-refractivity contribution in [1.29, 1.82) is 0 Å². The van der Waals surface area contributed by atoms with E-state index in [-0.39, 0.29) is 0 Å². The van der Waals surface area contributed by atoms with Crippen molar-refractivity contribution < 1.29 is 5.11 Å². The number of rotatable bonds is 1. The molecule has 1 heterocycles. The highest BCUT2D eigenvalue weighted by molar-refractivity contribution is 5.56. The molecule has 0 saturated heterocycles. The number of hydrogen-bond acceptors (Lipinski definition) is 4. The molecule has 98 valence electrons. The van der Waals surface area contributed by atoms with E-state index in [1.165, 1.54) is 0 Å². The maximum atomic E-state index is 11.1. The Kier molecular flexibility index (Phi) is 2.50. The van der Waals surface area contributed by atoms with Gasteiger partial charge in [-0.3, -0.25) is 0 Å². The molecule has 0 radical (unpaired) electrons. The van der Waals surface area contributed by atoms with Gasteiger partial charge in [0.05, 0.1) is 0 Å². The lowest BCUT2D eigenvalue weighted by atomic mass is 9.87. The van der Waals surface area contributed by atoms with Crippen molar-refractivity contribution in [1.82, 2.24) is 4.98 Å². The average molecular weight is 255 g/mol. The Hall–Kier alpha value is -2.07. The lowest BCUT2D eigenvalue weighted by Crippen LogP contribution is -2.26. The number of pyridine rings is 1. The van der Waals surface area contributed by atoms with E-state index in [1.54, 1.807) is 6.20 Å². The number of nitrogens with two attached hydrogens (primary N) is 2. The van der Waals surface area contributed by atoms with Crippen LogP contribution in [0.15, 0.2) is 30.5 Å². The van der Waals surface area contributed by atoms with Crippen LogP contribution in [0.1, 0.15) is 28.7 Å². The zero-order chi connectivity index (χ0) is 13.6. The molecule has 0 amide bonds. The normalized spacial score (nSPS) is 21.4. The number of aromatic nitrogens is 1. The second kappa shape index (κ2) is 3.96. The summed E-state index contributed by atoms with van der Waals surface area (Å²) in [7, 11) is 0. The van der Waals surface area contributed by atoms with Crippen LogP contribution in [0, 0.1) is 6.92 Å². The first-order valence-electron chi connectivity index (χ1n) is 6.34. The van der Waals surface area contributed by atoms with Crippen LogP contribution in [0.3, 0.4) is 0 Å². The maximum absolute atomic E-state index is 11.1. The van der Waals surface area contributed by atoms with E-state index in [0.717, 1.165) is 28.8 Å². The average Bonchev–Trinajstić information content (AvgIpc) is 2.70. The van der Waals surface area contributed by atoms with Crippen LogP contribution in [-0.4, -0.2) is 10.1 Å². The Balaban J connectivity index is 2.19. The Morgan fingerprint density at radius 1 is 1.21 bits per heavy atom. The molecule has 1 aromatic carbocycles. The molecule has 1 unspecified atom stereocenters. The highest BCUT2D eigenvalue weighted by Gasteiger charge is 2.40. The number of aryl methyl sites for hydroxylation is 2. The van der Waals surface area contributed by atoms with Crippen molar-refractivity contribution in [2.75, 3.05) is 11.5 Å². The number of anilines is 2. The molecule has 5 N–H and O–H groups in total. The molecule has 3 rings (SSSR count). The molecular weight excluding hydrogens is 238 g/mol. The first kappa shape index (κ1) is 12.0. The Bertz CT molecular complexity index is 654. The second-order valence-electron chi connectivity index (χ2n) is 5.22. The molecule has 1 aliphatic carbocycles. The number of nitrogens with zero attached hydrogens (tertiary/aromatic N) is 1. The van der Waals surface area contributed by atoms with Gasteiger partial charge in [-0.05, 0) is 54.7 Å². The molecule has 1 aromatic heterocycles. The molecule has 1 atom stereocenters. The van der Waals surface area contributed by atoms with E-state index >= 15 is 0 Å². The molecular formula is C15H17N3O. The van der Waals surface area contributed by atoms with Crippen molar-refractivity contribution in [3.63, 3.8) is 0 Å². The fraction of sp³-hybridized carbons (Fsp3) is 0.267. The zero-order valence-corrected chi connectivity index (χ0v) is 10.9. The van der Waals surface area contributed by atoms with Gasteiger partial charge >= 0.3 is 0 Å². The van der Waals surface area contributed by atoms with Gasteiger partial charge in [0.2, 0.25) is 0 Å². The van der Waals surface area contributed by atoms with Crippen molar-refractivity contribution in [3.05, 3.63) is 52.7 Å². The standard InChI is InChI=1S/C15H17N3O/c1-9-6-13(14(17)18-8-9)15(19)5-4-10-7-11(16)2-3-12(10)15/h2-3,6-8,19H,4-5,16H2,1H3,(H2,17,18). The molecule has 0 spiro atoms. The van der Waals surface area contributed by atoms with Crippen LogP contribution in [0.5, 0.6) is 0 Å². The Morgan fingerprint density at radius 3 is 2.79 bits per heavy atom. The lowest BCUT2D eigenvalue weighted by Gasteiger charge is -2.26. The summed E-state index contributed by atoms with van der Waals surface area (Å²) in [5.74, 6) is 0.387. The molecule has 0 fully saturated rings. The van der Waals surface area contributed by atoms with Crippen molar-refractivity contribution in [2.45, 2.75) is 25.4 Å². The van der Waals surface area contributed by atoms with Gasteiger partial charge < -0.3 is 16.6 Å². The number of hydrogen-bond donors (Lipinski definition) is 3. The van der Waals surface area contributed by atoms with Crippen LogP contribution in [-0.2, 0) is 12.0 Å². The monoisotopic (exact) mass is 255 g/mol. The smallest absolute Gasteiger partial charge is 0.129 e. The van der Waals surface area contributed by atoms with Gasteiger partial charge in [0.15, 0.2) is 0 Å². The van der Waals surface area contributed by atoms with E-state index in [2.05, 4.69) is 4.98 Å². The molecule has 0 aliphatic heterocycles. The highest BCUT2D eigenvalue weighted by atomic mass is 16.3. The SMILES string of the molecule is Cc1cnc(N)c(C2(O)CCc3cc(N)ccc32)c1. The van der Waals surface area contributed by atoms with Gasteiger partial charge in [-0.1, -0.05) is 6.07 Å². The minimum atomic E-state index is -1.05. The predicted octanol–water partition coefficient (Wildman–Crippen LogP) is 1.74. The summed E-state index contributed by atoms with van der Waals surface area (Å²) in [6.07, 6.45) is 3.12. The molecule has 0 saturated carbocycles. The van der Waals surface area contributed by atoms with E-state index in [0.29, 0.717) is 17.8 Å². The van der Waals surface area contributed by atoms with Crippen LogP contribution < -0.4 is 11.5 Å². The minimum absolute atomic E-state index is 0.387. The molecule has 0 bridgehead atoms. The van der Waals surface area contributed by atoms with Gasteiger partial charge in [0, 0.05) is 17.4 Å². The zero-order valence-electron chi connectivity index (χ0n) is 10.9. The highest BCUT2D eigenvalue weighted by Crippen LogP contribution is 2.44. The summed E-state index contributed by atoms with van der Waals surface area (Å²) in [6.45, 7) is 1.94. The molecule has 1 aliphatic rings. The number of aliphatic hydroxyl groups is 1. The van der Waals surface area contributed by atoms with Gasteiger partial charge in [-0.2, -0.15) is 0 Å². The van der Waals surface area contributed by atoms with Crippen LogP contribution in [0.2, 0.25) is 0 Å². The van der Waals surface area contributed by atoms with Gasteiger partial charge in [0.1, 0.15) is 11.4 Å². The molecule has 2 aromatic rings. The third-order valence-electron chi connectivity index (χ3n) is 3.83. The summed E-state index contributed by atoms with van der Waals surface area (Å²) in [4.78, 5) is 4.15. The first-order chi connectivity index (χ1) is 9.00. The second-order valence-corrected chi connectivity index (χ2v) is 5.22. The number of benzene rings is 1. The molecule has 19 heavy (non-hydrogen) atoms. The van der Waals surface area contributed by atoms with E-state index in [1.807, 2.05) is 31.2 Å². The Morgan fingerprint density at radius 2 is 2.00 bits per heavy atom. The summed E-state index contributed by atoms with van der Waals surface area (Å²) in [5.41, 5.74) is 15.1. The summed E-state index contributed by atoms with van der Waals surface area (Å²) in [6, 6.07) is 7.54. The minimum Gasteiger partial charge on any atom is -0.399 e. The maximum Gasteiger partial charge on any atom is 0.129 e. The van der Waals surface area contributed by atoms with Gasteiger partial charge in [-0.25, -0.2) is 4.98 Å². The third kappa shape index (κ3) is 1.76. The summed E-state index contributed by atoms with van der Waals surface area (Å²) < 4.78 is 0. The predicted molar refractivity (Wildman–Crippen MR) is 75.6 cm³/mol. The van der Waals surface area contributed by atoms with Crippen LogP contribution in [0.25, 0.3) is 0 Å². The van der Waals surface area contributed by atoms with E-state index in [4.69, 9.17) is 11.5 Å². The molecule has 4 nitrogen and oxygen atoms in total. The van der Waals surface area contributed by atoms with Crippen molar-refractivity contribution in [2.24, 2.45) is 0 Å². The van der Waals surface area contributed by atoms with E-state index in [9.17, 15) is 5.11 Å². The fourth-order valence-corrected chi connectivity index (χ4v) is 2.86. The van der Waals surface area contributed by atoms with Crippen molar-refractivity contribution in [3.8, 4) is 0 Å². The summed E-state index contributed by atoms with van der Waals surface area (Å²) >= 11 is 0. The first-order valence-corrected chi connectivity index (χ1v) is 6.34. The van der Waals surface area contributed by atoms with Crippen molar-refractivity contribution >= 4 is 11.5 Å². The topological polar surface area (TPSA) is 85.2 Å². The number of nitrogen functional groups attached to an aromatic ring is 2. The quantitative estimate of drug-likeness (QED) is 0.677. The lowest BCUT2D eigenvalue weighted by molar-refractivity contribution is 0.0834. The fourth-order valence-electron chi connectivity index (χ4n) is 2.86. The molecule has 4 heteroatoms. The largest absolute Gasteiger partial charge is 0.399 e. The van der Waals surface area contributed by atoms with Crippen LogP contribution >= 0.6 is 0 Å². The third-order valence-corrected chi connectivity index (χ3v) is 3.83. The van der Waals surface area contributed by atoms with Crippen LogP contribution in [0.4, 0.5) is 11.5 Å².